The zero-order chi connectivity index (χ0) is 17.0. The molecule has 0 fully saturated rings. The highest BCUT2D eigenvalue weighted by molar-refractivity contribution is 7.00. The summed E-state index contributed by atoms with van der Waals surface area (Å²) in [5.74, 6) is 0. The summed E-state index contributed by atoms with van der Waals surface area (Å²) in [6.45, 7) is 5.79. The predicted molar refractivity (Wildman–Crippen MR) is 108 cm³/mol. The Morgan fingerprint density at radius 3 is 1.96 bits per heavy atom. The van der Waals surface area contributed by atoms with Gasteiger partial charge in [0.25, 0.3) is 0 Å². The molecule has 3 rings (SSSR count). The molecule has 0 atom stereocenters. The maximum Gasteiger partial charge on any atom is 0.112 e. The molecule has 1 nitrogen and oxygen atoms in total. The number of hydrogen-bond donors (Lipinski definition) is 0. The molecule has 0 bridgehead atoms. The lowest BCUT2D eigenvalue weighted by Crippen LogP contribution is -2.52. The van der Waals surface area contributed by atoms with Crippen molar-refractivity contribution in [2.24, 2.45) is 0 Å². The van der Waals surface area contributed by atoms with E-state index in [0.29, 0.717) is 0 Å². The number of hydrogen-bond acceptors (Lipinski definition) is 1. The molecule has 0 N–H and O–H groups in total. The van der Waals surface area contributed by atoms with Gasteiger partial charge in [0, 0.05) is 19.3 Å². The fourth-order valence-corrected chi connectivity index (χ4v) is 5.55. The largest absolute Gasteiger partial charge is 0.370 e. The van der Waals surface area contributed by atoms with Crippen molar-refractivity contribution in [3.05, 3.63) is 90.5 Å². The van der Waals surface area contributed by atoms with Crippen LogP contribution in [0.15, 0.2) is 84.9 Å². The Morgan fingerprint density at radius 1 is 0.708 bits per heavy atom. The smallest absolute Gasteiger partial charge is 0.112 e. The van der Waals surface area contributed by atoms with Crippen molar-refractivity contribution in [3.63, 3.8) is 0 Å². The average Bonchev–Trinajstić information content (AvgIpc) is 2.63. The van der Waals surface area contributed by atoms with Crippen molar-refractivity contribution in [1.82, 2.24) is 0 Å². The van der Waals surface area contributed by atoms with Gasteiger partial charge in [-0.2, -0.15) is 0 Å². The molecule has 3 aromatic carbocycles. The van der Waals surface area contributed by atoms with Crippen LogP contribution in [0.4, 0.5) is 5.69 Å². The minimum Gasteiger partial charge on any atom is -0.370 e. The van der Waals surface area contributed by atoms with E-state index in [-0.39, 0.29) is 0 Å². The Morgan fingerprint density at radius 2 is 1.29 bits per heavy atom. The molecular weight excluding hydrogens is 306 g/mol. The molecular formula is C22H25NSi. The maximum atomic E-state index is 2.43. The zero-order valence-electron chi connectivity index (χ0n) is 14.7. The number of anilines is 1. The third-order valence-corrected chi connectivity index (χ3v) is 8.29. The van der Waals surface area contributed by atoms with Gasteiger partial charge in [0.2, 0.25) is 0 Å². The summed E-state index contributed by atoms with van der Waals surface area (Å²) in [5.41, 5.74) is 2.62. The Labute approximate surface area is 146 Å². The SMILES string of the molecule is CN(Cc1cccc([Si](C)(C)c2ccccc2)c1)c1ccccc1. The zero-order valence-corrected chi connectivity index (χ0v) is 15.7. The molecule has 122 valence electrons. The van der Waals surface area contributed by atoms with Gasteiger partial charge < -0.3 is 4.90 Å². The first-order chi connectivity index (χ1) is 11.6. The van der Waals surface area contributed by atoms with E-state index in [4.69, 9.17) is 0 Å². The number of benzene rings is 3. The first-order valence-corrected chi connectivity index (χ1v) is 11.5. The maximum absolute atomic E-state index is 2.43. The first kappa shape index (κ1) is 16.5. The lowest BCUT2D eigenvalue weighted by molar-refractivity contribution is 0.924. The molecule has 3 aromatic rings. The van der Waals surface area contributed by atoms with Crippen molar-refractivity contribution in [3.8, 4) is 0 Å². The second kappa shape index (κ2) is 7.06. The lowest BCUT2D eigenvalue weighted by atomic mass is 10.2. The van der Waals surface area contributed by atoms with Gasteiger partial charge in [0.1, 0.15) is 8.07 Å². The van der Waals surface area contributed by atoms with Crippen LogP contribution < -0.4 is 15.3 Å². The van der Waals surface area contributed by atoms with E-state index in [2.05, 4.69) is 110 Å². The summed E-state index contributed by atoms with van der Waals surface area (Å²) in [4.78, 5) is 2.30. The van der Waals surface area contributed by atoms with E-state index in [1.54, 1.807) is 0 Å². The normalized spacial score (nSPS) is 11.3. The van der Waals surface area contributed by atoms with Gasteiger partial charge in [0.15, 0.2) is 0 Å². The third-order valence-electron chi connectivity index (χ3n) is 4.76. The molecule has 0 aliphatic heterocycles. The van der Waals surface area contributed by atoms with Gasteiger partial charge >= 0.3 is 0 Å². The highest BCUT2D eigenvalue weighted by atomic mass is 28.3. The Balaban J connectivity index is 1.84. The van der Waals surface area contributed by atoms with E-state index < -0.39 is 8.07 Å². The highest BCUT2D eigenvalue weighted by Gasteiger charge is 2.25. The van der Waals surface area contributed by atoms with Gasteiger partial charge in [-0.1, -0.05) is 96.3 Å². The van der Waals surface area contributed by atoms with Gasteiger partial charge in [-0.15, -0.1) is 0 Å². The number of rotatable bonds is 5. The van der Waals surface area contributed by atoms with Crippen molar-refractivity contribution >= 4 is 24.1 Å². The summed E-state index contributed by atoms with van der Waals surface area (Å²) in [7, 11) is 0.519. The van der Waals surface area contributed by atoms with Crippen molar-refractivity contribution < 1.29 is 0 Å². The molecule has 0 aliphatic carbocycles. The first-order valence-electron chi connectivity index (χ1n) is 8.48. The standard InChI is InChI=1S/C22H25NSi/c1-23(20-12-6-4-7-13-20)18-19-11-10-16-22(17-19)24(2,3)21-14-8-5-9-15-21/h4-17H,18H2,1-3H3. The Bertz CT molecular complexity index is 781. The topological polar surface area (TPSA) is 3.24 Å². The van der Waals surface area contributed by atoms with Crippen LogP contribution in [-0.4, -0.2) is 15.1 Å². The molecule has 0 saturated heterocycles. The molecule has 0 amide bonds. The van der Waals surface area contributed by atoms with Crippen LogP contribution in [-0.2, 0) is 6.54 Å². The number of para-hydroxylation sites is 1. The van der Waals surface area contributed by atoms with Crippen LogP contribution in [0.1, 0.15) is 5.56 Å². The van der Waals surface area contributed by atoms with Crippen LogP contribution >= 0.6 is 0 Å². The molecule has 0 heterocycles. The molecule has 0 saturated carbocycles. The second-order valence-corrected chi connectivity index (χ2v) is 11.3. The molecule has 0 aromatic heterocycles. The van der Waals surface area contributed by atoms with Gasteiger partial charge in [-0.3, -0.25) is 0 Å². The van der Waals surface area contributed by atoms with Gasteiger partial charge in [-0.05, 0) is 17.7 Å². The molecule has 0 unspecified atom stereocenters. The van der Waals surface area contributed by atoms with E-state index >= 15 is 0 Å². The Kier molecular flexibility index (Phi) is 4.86. The van der Waals surface area contributed by atoms with Crippen LogP contribution in [0.5, 0.6) is 0 Å². The summed E-state index contributed by atoms with van der Waals surface area (Å²) >= 11 is 0. The van der Waals surface area contributed by atoms with Crippen LogP contribution in [0.2, 0.25) is 13.1 Å². The number of nitrogens with zero attached hydrogens (tertiary/aromatic N) is 1. The minimum absolute atomic E-state index is 0.928. The lowest BCUT2D eigenvalue weighted by Gasteiger charge is -2.25. The molecule has 0 aliphatic rings. The summed E-state index contributed by atoms with van der Waals surface area (Å²) in [6.07, 6.45) is 0. The van der Waals surface area contributed by atoms with Crippen LogP contribution in [0.25, 0.3) is 0 Å². The summed E-state index contributed by atoms with van der Waals surface area (Å²) < 4.78 is 0. The summed E-state index contributed by atoms with van der Waals surface area (Å²) in [6, 6.07) is 30.6. The van der Waals surface area contributed by atoms with Crippen LogP contribution in [0.3, 0.4) is 0 Å². The van der Waals surface area contributed by atoms with E-state index in [1.807, 2.05) is 0 Å². The molecule has 24 heavy (non-hydrogen) atoms. The van der Waals surface area contributed by atoms with E-state index in [1.165, 1.54) is 21.6 Å². The van der Waals surface area contributed by atoms with Crippen LogP contribution in [0, 0.1) is 0 Å². The summed E-state index contributed by atoms with van der Waals surface area (Å²) in [5, 5.41) is 2.98. The van der Waals surface area contributed by atoms with E-state index in [9.17, 15) is 0 Å². The quantitative estimate of drug-likeness (QED) is 0.635. The molecule has 0 spiro atoms. The van der Waals surface area contributed by atoms with E-state index in [0.717, 1.165) is 6.54 Å². The van der Waals surface area contributed by atoms with Crippen molar-refractivity contribution in [2.75, 3.05) is 11.9 Å². The molecule has 2 heteroatoms. The predicted octanol–water partition coefficient (Wildman–Crippen LogP) is 4.15. The fourth-order valence-electron chi connectivity index (χ4n) is 3.13. The fraction of sp³-hybridized carbons (Fsp3) is 0.182. The van der Waals surface area contributed by atoms with Crippen molar-refractivity contribution in [2.45, 2.75) is 19.6 Å². The monoisotopic (exact) mass is 331 g/mol. The van der Waals surface area contributed by atoms with Gasteiger partial charge in [-0.25, -0.2) is 0 Å². The molecule has 0 radical (unpaired) electrons. The third kappa shape index (κ3) is 3.60. The highest BCUT2D eigenvalue weighted by Crippen LogP contribution is 2.15. The second-order valence-electron chi connectivity index (χ2n) is 6.88. The average molecular weight is 332 g/mol. The van der Waals surface area contributed by atoms with Crippen molar-refractivity contribution in [1.29, 1.82) is 0 Å². The Hall–Kier alpha value is -2.32. The minimum atomic E-state index is -1.64. The van der Waals surface area contributed by atoms with Gasteiger partial charge in [0.05, 0.1) is 0 Å².